The van der Waals surface area contributed by atoms with Crippen LogP contribution in [0.15, 0.2) is 35.5 Å². The maximum atomic E-state index is 10.9. The summed E-state index contributed by atoms with van der Waals surface area (Å²) in [6, 6.07) is 0. The van der Waals surface area contributed by atoms with E-state index in [9.17, 15) is 9.59 Å². The van der Waals surface area contributed by atoms with E-state index in [0.717, 1.165) is 5.57 Å². The average Bonchev–Trinajstić information content (AvgIpc) is 2.13. The molecule has 0 atom stereocenters. The van der Waals surface area contributed by atoms with Crippen molar-refractivity contribution in [2.75, 3.05) is 0 Å². The third kappa shape index (κ3) is 9.39. The van der Waals surface area contributed by atoms with Gasteiger partial charge >= 0.3 is 11.9 Å². The predicted octanol–water partition coefficient (Wildman–Crippen LogP) is 2.91. The van der Waals surface area contributed by atoms with Gasteiger partial charge in [-0.1, -0.05) is 23.8 Å². The smallest absolute Gasteiger partial charge is 0.305 e. The van der Waals surface area contributed by atoms with Crippen LogP contribution in [0.1, 0.15) is 34.6 Å². The molecule has 4 heteroatoms. The second-order valence-corrected chi connectivity index (χ2v) is 4.10. The predicted molar refractivity (Wildman–Crippen MR) is 69.6 cm³/mol. The summed E-state index contributed by atoms with van der Waals surface area (Å²) >= 11 is 0. The molecule has 0 saturated carbocycles. The molecule has 0 bridgehead atoms. The van der Waals surface area contributed by atoms with Crippen LogP contribution in [0, 0.1) is 0 Å². The summed E-state index contributed by atoms with van der Waals surface area (Å²) in [4.78, 5) is 21.7. The summed E-state index contributed by atoms with van der Waals surface area (Å²) in [5, 5.41) is 0. The molecule has 0 heterocycles. The summed E-state index contributed by atoms with van der Waals surface area (Å²) in [6.07, 6.45) is 6.26. The van der Waals surface area contributed by atoms with Crippen molar-refractivity contribution in [3.05, 3.63) is 35.5 Å². The molecule has 4 nitrogen and oxygen atoms in total. The van der Waals surface area contributed by atoms with Gasteiger partial charge in [-0.05, 0) is 32.4 Å². The number of hydrogen-bond acceptors (Lipinski definition) is 4. The molecular weight excluding hydrogens is 232 g/mol. The molecule has 0 radical (unpaired) electrons. The number of ether oxygens (including phenoxy) is 2. The first kappa shape index (κ1) is 16.2. The molecule has 0 saturated heterocycles. The van der Waals surface area contributed by atoms with Gasteiger partial charge in [-0.25, -0.2) is 0 Å². The Morgan fingerprint density at radius 3 is 1.83 bits per heavy atom. The van der Waals surface area contributed by atoms with Gasteiger partial charge < -0.3 is 9.47 Å². The molecule has 0 N–H and O–H groups in total. The minimum atomic E-state index is -0.976. The number of esters is 2. The van der Waals surface area contributed by atoms with Gasteiger partial charge in [0.25, 0.3) is 6.29 Å². The van der Waals surface area contributed by atoms with E-state index in [-0.39, 0.29) is 0 Å². The lowest BCUT2D eigenvalue weighted by Crippen LogP contribution is -2.20. The summed E-state index contributed by atoms with van der Waals surface area (Å²) < 4.78 is 9.70. The lowest BCUT2D eigenvalue weighted by atomic mass is 10.2. The molecule has 0 rings (SSSR count). The fourth-order valence-corrected chi connectivity index (χ4v) is 1.08. The summed E-state index contributed by atoms with van der Waals surface area (Å²) in [5.74, 6) is -1.00. The van der Waals surface area contributed by atoms with Gasteiger partial charge in [0.1, 0.15) is 0 Å². The Morgan fingerprint density at radius 2 is 1.44 bits per heavy atom. The van der Waals surface area contributed by atoms with E-state index in [4.69, 9.17) is 9.47 Å². The number of rotatable bonds is 5. The summed E-state index contributed by atoms with van der Waals surface area (Å²) in [7, 11) is 0. The monoisotopic (exact) mass is 252 g/mol. The zero-order valence-corrected chi connectivity index (χ0v) is 11.5. The van der Waals surface area contributed by atoms with Crippen LogP contribution in [0.4, 0.5) is 0 Å². The van der Waals surface area contributed by atoms with Gasteiger partial charge in [0.2, 0.25) is 0 Å². The molecular formula is C14H20O4. The summed E-state index contributed by atoms with van der Waals surface area (Å²) in [6.45, 7) is 8.33. The van der Waals surface area contributed by atoms with Crippen molar-refractivity contribution in [2.45, 2.75) is 40.9 Å². The highest BCUT2D eigenvalue weighted by Crippen LogP contribution is 2.05. The van der Waals surface area contributed by atoms with Crippen molar-refractivity contribution in [1.29, 1.82) is 0 Å². The number of carbonyl (C=O) groups excluding carboxylic acids is 2. The Hall–Kier alpha value is -1.84. The van der Waals surface area contributed by atoms with Gasteiger partial charge in [-0.3, -0.25) is 9.59 Å². The van der Waals surface area contributed by atoms with Crippen LogP contribution < -0.4 is 0 Å². The van der Waals surface area contributed by atoms with Crippen molar-refractivity contribution >= 4 is 11.9 Å². The van der Waals surface area contributed by atoms with Gasteiger partial charge in [0.05, 0.1) is 0 Å². The van der Waals surface area contributed by atoms with E-state index >= 15 is 0 Å². The Morgan fingerprint density at radius 1 is 0.944 bits per heavy atom. The Balaban J connectivity index is 4.70. The van der Waals surface area contributed by atoms with Crippen molar-refractivity contribution in [3.8, 4) is 0 Å². The van der Waals surface area contributed by atoms with Gasteiger partial charge in [0, 0.05) is 13.8 Å². The molecule has 0 aromatic rings. The molecule has 18 heavy (non-hydrogen) atoms. The molecule has 0 aromatic carbocycles. The van der Waals surface area contributed by atoms with E-state index in [2.05, 4.69) is 0 Å². The van der Waals surface area contributed by atoms with Crippen molar-refractivity contribution in [2.24, 2.45) is 0 Å². The Labute approximate surface area is 108 Å². The largest absolute Gasteiger partial charge is 0.421 e. The van der Waals surface area contributed by atoms with E-state index in [0.29, 0.717) is 0 Å². The van der Waals surface area contributed by atoms with Crippen LogP contribution in [-0.4, -0.2) is 18.2 Å². The topological polar surface area (TPSA) is 52.6 Å². The van der Waals surface area contributed by atoms with Crippen LogP contribution in [0.3, 0.4) is 0 Å². The quantitative estimate of drug-likeness (QED) is 0.429. The molecule has 0 fully saturated rings. The molecule has 100 valence electrons. The van der Waals surface area contributed by atoms with Crippen LogP contribution in [-0.2, 0) is 19.1 Å². The molecule has 0 aliphatic rings. The summed E-state index contributed by atoms with van der Waals surface area (Å²) in [5.41, 5.74) is 2.01. The van der Waals surface area contributed by atoms with Crippen molar-refractivity contribution in [1.82, 2.24) is 0 Å². The highest BCUT2D eigenvalue weighted by Gasteiger charge is 2.11. The van der Waals surface area contributed by atoms with E-state index in [1.54, 1.807) is 6.08 Å². The third-order valence-electron chi connectivity index (χ3n) is 1.75. The zero-order valence-electron chi connectivity index (χ0n) is 11.5. The first-order valence-corrected chi connectivity index (χ1v) is 5.65. The first-order chi connectivity index (χ1) is 8.31. The lowest BCUT2D eigenvalue weighted by molar-refractivity contribution is -0.176. The highest BCUT2D eigenvalue weighted by molar-refractivity contribution is 5.68. The average molecular weight is 252 g/mol. The molecule has 0 unspecified atom stereocenters. The fraction of sp³-hybridized carbons (Fsp3) is 0.429. The van der Waals surface area contributed by atoms with Crippen LogP contribution in [0.2, 0.25) is 0 Å². The second-order valence-electron chi connectivity index (χ2n) is 4.10. The zero-order chi connectivity index (χ0) is 14.1. The highest BCUT2D eigenvalue weighted by atomic mass is 16.7. The third-order valence-corrected chi connectivity index (χ3v) is 1.75. The fourth-order valence-electron chi connectivity index (χ4n) is 1.08. The van der Waals surface area contributed by atoms with Crippen LogP contribution in [0.25, 0.3) is 0 Å². The molecule has 0 spiro atoms. The van der Waals surface area contributed by atoms with Gasteiger partial charge in [-0.15, -0.1) is 0 Å². The SMILES string of the molecule is CC(=O)OC(/C=C(C)\C=C\C=C(C)C)OC(C)=O. The Kier molecular flexibility index (Phi) is 7.43. The minimum Gasteiger partial charge on any atom is -0.421 e. The number of allylic oxidation sites excluding steroid dienone is 5. The first-order valence-electron chi connectivity index (χ1n) is 5.65. The maximum absolute atomic E-state index is 10.9. The maximum Gasteiger partial charge on any atom is 0.305 e. The molecule has 0 amide bonds. The van der Waals surface area contributed by atoms with Crippen molar-refractivity contribution < 1.29 is 19.1 Å². The van der Waals surface area contributed by atoms with Crippen LogP contribution >= 0.6 is 0 Å². The molecule has 0 aliphatic carbocycles. The Bertz CT molecular complexity index is 369. The van der Waals surface area contributed by atoms with Crippen molar-refractivity contribution in [3.63, 3.8) is 0 Å². The van der Waals surface area contributed by atoms with Crippen LogP contribution in [0.5, 0.6) is 0 Å². The standard InChI is InChI=1S/C14H20O4/c1-10(2)7-6-8-11(3)9-14(17-12(4)15)18-13(5)16/h6-9,14H,1-5H3/b8-6+,11-9-. The lowest BCUT2D eigenvalue weighted by Gasteiger charge is -2.13. The molecule has 0 aliphatic heterocycles. The minimum absolute atomic E-state index is 0.501. The van der Waals surface area contributed by atoms with E-state index < -0.39 is 18.2 Å². The number of carbonyl (C=O) groups is 2. The molecule has 0 aromatic heterocycles. The number of hydrogen-bond donors (Lipinski definition) is 0. The normalized spacial score (nSPS) is 11.6. The van der Waals surface area contributed by atoms with E-state index in [1.165, 1.54) is 19.4 Å². The van der Waals surface area contributed by atoms with Gasteiger partial charge in [0.15, 0.2) is 0 Å². The second kappa shape index (κ2) is 8.28. The van der Waals surface area contributed by atoms with Gasteiger partial charge in [-0.2, -0.15) is 0 Å². The van der Waals surface area contributed by atoms with E-state index in [1.807, 2.05) is 39.0 Å².